The van der Waals surface area contributed by atoms with E-state index in [1.54, 1.807) is 0 Å². The summed E-state index contributed by atoms with van der Waals surface area (Å²) in [6.07, 6.45) is 2.91. The molecule has 0 saturated heterocycles. The SMILES string of the molecule is CC1(C)C=CP(C)(=O)C1. The fourth-order valence-electron chi connectivity index (χ4n) is 1.27. The Morgan fingerprint density at radius 1 is 1.56 bits per heavy atom. The van der Waals surface area contributed by atoms with Gasteiger partial charge in [0.05, 0.1) is 0 Å². The Hall–Kier alpha value is -0.0300. The predicted octanol–water partition coefficient (Wildman–Crippen LogP) is 2.53. The minimum Gasteiger partial charge on any atom is -0.319 e. The zero-order valence-corrected chi connectivity index (χ0v) is 7.11. The van der Waals surface area contributed by atoms with Gasteiger partial charge in [0.1, 0.15) is 7.14 Å². The van der Waals surface area contributed by atoms with Crippen molar-refractivity contribution < 1.29 is 4.57 Å². The van der Waals surface area contributed by atoms with Crippen LogP contribution in [0, 0.1) is 5.41 Å². The number of rotatable bonds is 0. The summed E-state index contributed by atoms with van der Waals surface area (Å²) >= 11 is 0. The summed E-state index contributed by atoms with van der Waals surface area (Å²) in [4.78, 5) is 0. The first-order chi connectivity index (χ1) is 3.91. The second-order valence-electron chi connectivity index (χ2n) is 3.64. The lowest BCUT2D eigenvalue weighted by molar-refractivity contribution is 0.537. The summed E-state index contributed by atoms with van der Waals surface area (Å²) in [5, 5.41) is 0. The van der Waals surface area contributed by atoms with Gasteiger partial charge < -0.3 is 4.57 Å². The molecular weight excluding hydrogens is 131 g/mol. The van der Waals surface area contributed by atoms with Gasteiger partial charge in [-0.1, -0.05) is 19.9 Å². The molecule has 0 aromatic heterocycles. The third kappa shape index (κ3) is 1.69. The van der Waals surface area contributed by atoms with Crippen LogP contribution in [0.5, 0.6) is 0 Å². The lowest BCUT2D eigenvalue weighted by atomic mass is 9.98. The van der Waals surface area contributed by atoms with Gasteiger partial charge in [0.15, 0.2) is 0 Å². The Labute approximate surface area is 56.5 Å². The first-order valence-electron chi connectivity index (χ1n) is 3.18. The molecule has 1 unspecified atom stereocenters. The Balaban J connectivity index is 2.84. The molecule has 0 N–H and O–H groups in total. The van der Waals surface area contributed by atoms with E-state index in [0.717, 1.165) is 6.16 Å². The van der Waals surface area contributed by atoms with Crippen molar-refractivity contribution in [1.82, 2.24) is 0 Å². The summed E-state index contributed by atoms with van der Waals surface area (Å²) in [5.74, 6) is 1.88. The maximum absolute atomic E-state index is 11.3. The molecule has 1 rings (SSSR count). The van der Waals surface area contributed by atoms with Gasteiger partial charge in [-0.15, -0.1) is 0 Å². The minimum atomic E-state index is -1.85. The molecule has 9 heavy (non-hydrogen) atoms. The Morgan fingerprint density at radius 2 is 2.11 bits per heavy atom. The highest BCUT2D eigenvalue weighted by Crippen LogP contribution is 2.54. The van der Waals surface area contributed by atoms with Crippen LogP contribution >= 0.6 is 7.14 Å². The van der Waals surface area contributed by atoms with E-state index < -0.39 is 7.14 Å². The zero-order chi connectivity index (χ0) is 7.12. The van der Waals surface area contributed by atoms with E-state index in [4.69, 9.17) is 0 Å². The smallest absolute Gasteiger partial charge is 0.106 e. The van der Waals surface area contributed by atoms with Crippen molar-refractivity contribution in [3.63, 3.8) is 0 Å². The first kappa shape index (κ1) is 7.08. The van der Waals surface area contributed by atoms with E-state index in [0.29, 0.717) is 0 Å². The molecule has 1 atom stereocenters. The van der Waals surface area contributed by atoms with E-state index in [-0.39, 0.29) is 5.41 Å². The molecule has 0 spiro atoms. The summed E-state index contributed by atoms with van der Waals surface area (Å²) in [6, 6.07) is 0. The van der Waals surface area contributed by atoms with E-state index >= 15 is 0 Å². The molecule has 1 heterocycles. The molecular formula is C7H13OP. The molecule has 0 saturated carbocycles. The average Bonchev–Trinajstić information content (AvgIpc) is 1.78. The third-order valence-corrected chi connectivity index (χ3v) is 3.79. The summed E-state index contributed by atoms with van der Waals surface area (Å²) in [7, 11) is -1.85. The van der Waals surface area contributed by atoms with Crippen LogP contribution in [-0.4, -0.2) is 12.8 Å². The lowest BCUT2D eigenvalue weighted by Gasteiger charge is -2.14. The molecule has 0 amide bonds. The van der Waals surface area contributed by atoms with Crippen molar-refractivity contribution >= 4 is 7.14 Å². The number of hydrogen-bond donors (Lipinski definition) is 0. The molecule has 0 bridgehead atoms. The average molecular weight is 144 g/mol. The molecule has 0 fully saturated rings. The predicted molar refractivity (Wildman–Crippen MR) is 41.3 cm³/mol. The quantitative estimate of drug-likeness (QED) is 0.477. The number of allylic oxidation sites excluding steroid dienone is 1. The van der Waals surface area contributed by atoms with Crippen molar-refractivity contribution in [2.45, 2.75) is 13.8 Å². The highest BCUT2D eigenvalue weighted by molar-refractivity contribution is 7.66. The molecule has 0 aromatic carbocycles. The number of hydrogen-bond acceptors (Lipinski definition) is 1. The molecule has 0 radical (unpaired) electrons. The summed E-state index contributed by atoms with van der Waals surface area (Å²) in [5.41, 5.74) is 0.185. The molecule has 2 heteroatoms. The molecule has 1 nitrogen and oxygen atoms in total. The normalized spacial score (nSPS) is 39.4. The van der Waals surface area contributed by atoms with Crippen molar-refractivity contribution in [3.8, 4) is 0 Å². The van der Waals surface area contributed by atoms with Crippen LogP contribution in [0.2, 0.25) is 0 Å². The first-order valence-corrected chi connectivity index (χ1v) is 5.59. The van der Waals surface area contributed by atoms with E-state index in [1.807, 2.05) is 12.5 Å². The largest absolute Gasteiger partial charge is 0.319 e. The van der Waals surface area contributed by atoms with Gasteiger partial charge in [-0.3, -0.25) is 0 Å². The standard InChI is InChI=1S/C7H13OP/c1-7(2)4-5-9(3,8)6-7/h4-5H,6H2,1-3H3. The van der Waals surface area contributed by atoms with Crippen LogP contribution < -0.4 is 0 Å². The fraction of sp³-hybridized carbons (Fsp3) is 0.714. The Kier molecular flexibility index (Phi) is 1.36. The van der Waals surface area contributed by atoms with Crippen molar-refractivity contribution in [3.05, 3.63) is 11.9 Å². The molecule has 52 valence electrons. The van der Waals surface area contributed by atoms with Gasteiger partial charge in [0, 0.05) is 6.16 Å². The maximum atomic E-state index is 11.3. The van der Waals surface area contributed by atoms with Crippen molar-refractivity contribution in [2.24, 2.45) is 5.41 Å². The van der Waals surface area contributed by atoms with E-state index in [1.165, 1.54) is 0 Å². The van der Waals surface area contributed by atoms with E-state index in [9.17, 15) is 4.57 Å². The minimum absolute atomic E-state index is 0.185. The van der Waals surface area contributed by atoms with Crippen molar-refractivity contribution in [2.75, 3.05) is 12.8 Å². The van der Waals surface area contributed by atoms with Crippen LogP contribution in [0.1, 0.15) is 13.8 Å². The highest BCUT2D eigenvalue weighted by atomic mass is 31.2. The third-order valence-electron chi connectivity index (χ3n) is 1.56. The van der Waals surface area contributed by atoms with Gasteiger partial charge in [0.25, 0.3) is 0 Å². The van der Waals surface area contributed by atoms with Gasteiger partial charge in [-0.05, 0) is 17.9 Å². The van der Waals surface area contributed by atoms with Crippen LogP contribution in [-0.2, 0) is 4.57 Å². The topological polar surface area (TPSA) is 17.1 Å². The van der Waals surface area contributed by atoms with Gasteiger partial charge >= 0.3 is 0 Å². The highest BCUT2D eigenvalue weighted by Gasteiger charge is 2.29. The van der Waals surface area contributed by atoms with Crippen LogP contribution in [0.15, 0.2) is 11.9 Å². The van der Waals surface area contributed by atoms with Gasteiger partial charge in [0.2, 0.25) is 0 Å². The van der Waals surface area contributed by atoms with Gasteiger partial charge in [-0.25, -0.2) is 0 Å². The fourth-order valence-corrected chi connectivity index (χ4v) is 3.82. The van der Waals surface area contributed by atoms with Gasteiger partial charge in [-0.2, -0.15) is 0 Å². The lowest BCUT2D eigenvalue weighted by Crippen LogP contribution is -2.07. The maximum Gasteiger partial charge on any atom is 0.106 e. The Bertz CT molecular complexity index is 191. The van der Waals surface area contributed by atoms with Crippen molar-refractivity contribution in [1.29, 1.82) is 0 Å². The second kappa shape index (κ2) is 1.73. The van der Waals surface area contributed by atoms with Crippen LogP contribution in [0.4, 0.5) is 0 Å². The molecule has 1 aliphatic heterocycles. The summed E-state index contributed by atoms with van der Waals surface area (Å²) < 4.78 is 11.3. The van der Waals surface area contributed by atoms with Crippen LogP contribution in [0.25, 0.3) is 0 Å². The zero-order valence-electron chi connectivity index (χ0n) is 6.22. The molecule has 1 aliphatic rings. The summed E-state index contributed by atoms with van der Waals surface area (Å²) in [6.45, 7) is 6.08. The Morgan fingerprint density at radius 3 is 2.22 bits per heavy atom. The second-order valence-corrected chi connectivity index (χ2v) is 6.60. The monoisotopic (exact) mass is 144 g/mol. The van der Waals surface area contributed by atoms with Crippen LogP contribution in [0.3, 0.4) is 0 Å². The molecule has 0 aliphatic carbocycles. The van der Waals surface area contributed by atoms with E-state index in [2.05, 4.69) is 19.9 Å². The molecule has 0 aromatic rings.